The van der Waals surface area contributed by atoms with Crippen molar-refractivity contribution in [3.8, 4) is 0 Å². The molecule has 2 atom stereocenters. The number of hydrogen-bond donors (Lipinski definition) is 0. The number of hydrogen-bond acceptors (Lipinski definition) is 0. The van der Waals surface area contributed by atoms with Crippen LogP contribution in [0.4, 0.5) is 0 Å². The zero-order valence-electron chi connectivity index (χ0n) is 8.76. The smallest absolute Gasteiger partial charge is 0.0153 e. The molecule has 74 valence electrons. The third-order valence-corrected chi connectivity index (χ3v) is 4.18. The summed E-state index contributed by atoms with van der Waals surface area (Å²) in [4.78, 5) is 0. The van der Waals surface area contributed by atoms with Gasteiger partial charge in [-0.2, -0.15) is 0 Å². The molecule has 3 rings (SSSR count). The molecule has 14 heavy (non-hydrogen) atoms. The zero-order valence-corrected chi connectivity index (χ0v) is 8.76. The Kier molecular flexibility index (Phi) is 1.90. The average Bonchev–Trinajstić information content (AvgIpc) is 2.61. The Morgan fingerprint density at radius 1 is 1.07 bits per heavy atom. The molecule has 3 aliphatic carbocycles. The molecule has 0 heteroatoms. The van der Waals surface area contributed by atoms with Crippen molar-refractivity contribution in [2.75, 3.05) is 0 Å². The molecule has 2 unspecified atom stereocenters. The van der Waals surface area contributed by atoms with Crippen molar-refractivity contribution in [3.05, 3.63) is 35.5 Å². The van der Waals surface area contributed by atoms with E-state index in [9.17, 15) is 0 Å². The van der Waals surface area contributed by atoms with Gasteiger partial charge in [-0.25, -0.2) is 0 Å². The molecule has 1 saturated carbocycles. The maximum atomic E-state index is 4.24. The summed E-state index contributed by atoms with van der Waals surface area (Å²) in [5.41, 5.74) is 4.77. The van der Waals surface area contributed by atoms with Crippen LogP contribution in [0.2, 0.25) is 0 Å². The third-order valence-electron chi connectivity index (χ3n) is 4.18. The molecule has 0 bridgehead atoms. The Morgan fingerprint density at radius 2 is 1.93 bits per heavy atom. The van der Waals surface area contributed by atoms with Gasteiger partial charge in [-0.15, -0.1) is 0 Å². The summed E-state index contributed by atoms with van der Waals surface area (Å²) in [5, 5.41) is 0. The van der Waals surface area contributed by atoms with Crippen LogP contribution in [-0.4, -0.2) is 0 Å². The summed E-state index contributed by atoms with van der Waals surface area (Å²) in [6.45, 7) is 4.24. The van der Waals surface area contributed by atoms with Gasteiger partial charge in [-0.1, -0.05) is 24.3 Å². The second-order valence-electron chi connectivity index (χ2n) is 4.96. The van der Waals surface area contributed by atoms with Crippen molar-refractivity contribution in [1.29, 1.82) is 0 Å². The van der Waals surface area contributed by atoms with E-state index in [0.717, 1.165) is 11.8 Å². The molecule has 0 aliphatic heterocycles. The first-order valence-electron chi connectivity index (χ1n) is 5.95. The van der Waals surface area contributed by atoms with Crippen LogP contribution < -0.4 is 0 Å². The van der Waals surface area contributed by atoms with E-state index >= 15 is 0 Å². The highest BCUT2D eigenvalue weighted by atomic mass is 14.4. The Labute approximate surface area is 86.4 Å². The molecular weight excluding hydrogens is 168 g/mol. The van der Waals surface area contributed by atoms with Crippen molar-refractivity contribution in [2.45, 2.75) is 38.5 Å². The van der Waals surface area contributed by atoms with Crippen molar-refractivity contribution >= 4 is 0 Å². The number of fused-ring (bicyclic) bond motifs is 2. The van der Waals surface area contributed by atoms with Crippen LogP contribution in [-0.2, 0) is 0 Å². The maximum Gasteiger partial charge on any atom is -0.0153 e. The molecule has 0 N–H and O–H groups in total. The monoisotopic (exact) mass is 186 g/mol. The van der Waals surface area contributed by atoms with E-state index in [-0.39, 0.29) is 0 Å². The summed E-state index contributed by atoms with van der Waals surface area (Å²) < 4.78 is 0. The van der Waals surface area contributed by atoms with Crippen LogP contribution in [0.3, 0.4) is 0 Å². The van der Waals surface area contributed by atoms with Crippen molar-refractivity contribution < 1.29 is 0 Å². The molecule has 0 heterocycles. The molecule has 1 fully saturated rings. The number of allylic oxidation sites excluding steroid dienone is 5. The largest absolute Gasteiger partial charge is 0.0955 e. The molecule has 0 saturated heterocycles. The predicted octanol–water partition coefficient (Wildman–Crippen LogP) is 4.01. The fourth-order valence-electron chi connectivity index (χ4n) is 3.46. The molecule has 3 aliphatic rings. The van der Waals surface area contributed by atoms with Crippen molar-refractivity contribution in [3.63, 3.8) is 0 Å². The quantitative estimate of drug-likeness (QED) is 0.536. The van der Waals surface area contributed by atoms with Crippen LogP contribution >= 0.6 is 0 Å². The van der Waals surface area contributed by atoms with E-state index in [0.29, 0.717) is 0 Å². The molecule has 0 nitrogen and oxygen atoms in total. The minimum absolute atomic E-state index is 0.872. The zero-order chi connectivity index (χ0) is 9.54. The Hall–Kier alpha value is -0.780. The van der Waals surface area contributed by atoms with Gasteiger partial charge in [0.05, 0.1) is 0 Å². The van der Waals surface area contributed by atoms with E-state index in [1.54, 1.807) is 11.1 Å². The summed E-state index contributed by atoms with van der Waals surface area (Å²) >= 11 is 0. The number of rotatable bonds is 0. The van der Waals surface area contributed by atoms with E-state index in [2.05, 4.69) is 18.7 Å². The van der Waals surface area contributed by atoms with E-state index in [1.807, 2.05) is 0 Å². The molecule has 0 amide bonds. The average molecular weight is 186 g/mol. The van der Waals surface area contributed by atoms with E-state index < -0.39 is 0 Å². The van der Waals surface area contributed by atoms with Crippen LogP contribution in [0.25, 0.3) is 0 Å². The summed E-state index contributed by atoms with van der Waals surface area (Å²) in [7, 11) is 0. The lowest BCUT2D eigenvalue weighted by Gasteiger charge is -2.31. The van der Waals surface area contributed by atoms with Gasteiger partial charge in [0.25, 0.3) is 0 Å². The summed E-state index contributed by atoms with van der Waals surface area (Å²) in [5.74, 6) is 1.75. The van der Waals surface area contributed by atoms with Crippen molar-refractivity contribution in [1.82, 2.24) is 0 Å². The van der Waals surface area contributed by atoms with Gasteiger partial charge in [0.15, 0.2) is 0 Å². The molecule has 0 aromatic rings. The third kappa shape index (κ3) is 1.13. The first-order valence-corrected chi connectivity index (χ1v) is 5.95. The molecule has 0 aromatic heterocycles. The summed E-state index contributed by atoms with van der Waals surface area (Å²) in [6, 6.07) is 0. The molecule has 0 spiro atoms. The lowest BCUT2D eigenvalue weighted by Crippen LogP contribution is -2.17. The van der Waals surface area contributed by atoms with Gasteiger partial charge >= 0.3 is 0 Å². The highest BCUT2D eigenvalue weighted by Gasteiger charge is 2.33. The molecule has 0 radical (unpaired) electrons. The van der Waals surface area contributed by atoms with Gasteiger partial charge in [0, 0.05) is 0 Å². The van der Waals surface area contributed by atoms with Gasteiger partial charge in [0.1, 0.15) is 0 Å². The lowest BCUT2D eigenvalue weighted by molar-refractivity contribution is 0.410. The lowest BCUT2D eigenvalue weighted by atomic mass is 9.73. The fraction of sp³-hybridized carbons (Fsp3) is 0.571. The highest BCUT2D eigenvalue weighted by molar-refractivity contribution is 5.46. The van der Waals surface area contributed by atoms with Gasteiger partial charge in [-0.3, -0.25) is 0 Å². The Balaban J connectivity index is 2.10. The minimum Gasteiger partial charge on any atom is -0.0955 e. The molecule has 0 aromatic carbocycles. The van der Waals surface area contributed by atoms with Crippen LogP contribution in [0.1, 0.15) is 38.5 Å². The van der Waals surface area contributed by atoms with Crippen LogP contribution in [0.15, 0.2) is 35.5 Å². The first-order chi connectivity index (χ1) is 6.86. The van der Waals surface area contributed by atoms with E-state index in [4.69, 9.17) is 0 Å². The van der Waals surface area contributed by atoms with Gasteiger partial charge in [0.2, 0.25) is 0 Å². The maximum absolute atomic E-state index is 4.24. The van der Waals surface area contributed by atoms with Gasteiger partial charge in [-0.05, 0) is 61.5 Å². The Bertz CT molecular complexity index is 330. The van der Waals surface area contributed by atoms with Crippen LogP contribution in [0.5, 0.6) is 0 Å². The first kappa shape index (κ1) is 8.52. The second-order valence-corrected chi connectivity index (χ2v) is 4.96. The highest BCUT2D eigenvalue weighted by Crippen LogP contribution is 2.48. The summed E-state index contributed by atoms with van der Waals surface area (Å²) in [6.07, 6.45) is 12.9. The minimum atomic E-state index is 0.872. The Morgan fingerprint density at radius 3 is 2.86 bits per heavy atom. The van der Waals surface area contributed by atoms with Gasteiger partial charge < -0.3 is 0 Å². The SMILES string of the molecule is C=C1CCC2CCC3CCC=CC3=C12. The standard InChI is InChI=1S/C14H18/c1-10-6-7-12-9-8-11-4-2-3-5-13(11)14(10)12/h3,5,11-12H,1-2,4,6-9H2. The fourth-order valence-corrected chi connectivity index (χ4v) is 3.46. The van der Waals surface area contributed by atoms with E-state index in [1.165, 1.54) is 44.1 Å². The normalized spacial score (nSPS) is 35.9. The second kappa shape index (κ2) is 3.12. The van der Waals surface area contributed by atoms with Crippen LogP contribution in [0, 0.1) is 11.8 Å². The molecular formula is C14H18. The topological polar surface area (TPSA) is 0 Å². The van der Waals surface area contributed by atoms with Crippen molar-refractivity contribution in [2.24, 2.45) is 11.8 Å². The predicted molar refractivity (Wildman–Crippen MR) is 60.0 cm³/mol.